The molecular weight excluding hydrogens is 375 g/mol. The summed E-state index contributed by atoms with van der Waals surface area (Å²) in [7, 11) is 0. The van der Waals surface area contributed by atoms with Gasteiger partial charge in [-0.05, 0) is 0 Å². The third-order valence-corrected chi connectivity index (χ3v) is 5.77. The summed E-state index contributed by atoms with van der Waals surface area (Å²) in [6, 6.07) is 15.4. The van der Waals surface area contributed by atoms with Gasteiger partial charge in [0, 0.05) is 0 Å². The third-order valence-electron chi connectivity index (χ3n) is 2.60. The zero-order chi connectivity index (χ0) is 10.8. The van der Waals surface area contributed by atoms with Gasteiger partial charge in [-0.25, -0.2) is 0 Å². The Hall–Kier alpha value is -1.13. The first-order chi connectivity index (χ1) is 7.93. The summed E-state index contributed by atoms with van der Waals surface area (Å²) >= 11 is 0.00897. The van der Waals surface area contributed by atoms with Crippen LogP contribution in [0.25, 0.3) is 10.8 Å². The molecule has 0 unspecified atom stereocenters. The van der Waals surface area contributed by atoms with Crippen LogP contribution in [0.2, 0.25) is 0 Å². The number of hydrogen-bond acceptors (Lipinski definition) is 0. The molecule has 3 rings (SSSR count). The Morgan fingerprint density at radius 2 is 1.81 bits per heavy atom. The summed E-state index contributed by atoms with van der Waals surface area (Å²) in [4.78, 5) is 0. The normalized spacial score (nSPS) is 14.6. The Kier molecular flexibility index (Phi) is 2.76. The minimum absolute atomic E-state index is 0.00897. The number of hydrogen-bond donors (Lipinski definition) is 0. The van der Waals surface area contributed by atoms with Gasteiger partial charge < -0.3 is 0 Å². The number of benzene rings is 2. The number of allylic oxidation sites excluding steroid dienone is 4. The quantitative estimate of drug-likeness (QED) is 0.741. The molecule has 0 fully saturated rings. The van der Waals surface area contributed by atoms with E-state index in [1.54, 1.807) is 7.92 Å². The van der Waals surface area contributed by atoms with Crippen LogP contribution in [-0.4, -0.2) is 0 Å². The molecule has 1 aliphatic carbocycles. The predicted molar refractivity (Wildman–Crippen MR) is 65.4 cm³/mol. The van der Waals surface area contributed by atoms with Gasteiger partial charge >= 0.3 is 104 Å². The van der Waals surface area contributed by atoms with E-state index in [0.717, 1.165) is 6.42 Å². The Bertz CT molecular complexity index is 574. The fraction of sp³-hybridized carbons (Fsp3) is 0.0667. The van der Waals surface area contributed by atoms with Crippen molar-refractivity contribution in [3.8, 4) is 0 Å². The van der Waals surface area contributed by atoms with Crippen molar-refractivity contribution in [2.24, 2.45) is 0 Å². The van der Waals surface area contributed by atoms with Crippen molar-refractivity contribution in [2.75, 3.05) is 0 Å². The molecule has 2 aromatic rings. The molecule has 0 radical (unpaired) electrons. The average Bonchev–Trinajstić information content (AvgIpc) is 2.82. The van der Waals surface area contributed by atoms with Crippen molar-refractivity contribution < 1.29 is 18.6 Å². The van der Waals surface area contributed by atoms with Gasteiger partial charge in [0.15, 0.2) is 0 Å². The van der Waals surface area contributed by atoms with Crippen LogP contribution < -0.4 is 3.95 Å². The van der Waals surface area contributed by atoms with Gasteiger partial charge in [-0.15, -0.1) is 0 Å². The molecule has 16 heavy (non-hydrogen) atoms. The van der Waals surface area contributed by atoms with Gasteiger partial charge in [0.2, 0.25) is 0 Å². The molecule has 0 amide bonds. The first-order valence-corrected chi connectivity index (χ1v) is 7.63. The molecular formula is C15H12Pt. The van der Waals surface area contributed by atoms with Gasteiger partial charge in [-0.1, -0.05) is 0 Å². The molecule has 82 valence electrons. The zero-order valence-corrected chi connectivity index (χ0v) is 11.1. The Morgan fingerprint density at radius 1 is 0.938 bits per heavy atom. The molecule has 0 heterocycles. The van der Waals surface area contributed by atoms with Crippen molar-refractivity contribution in [1.82, 2.24) is 0 Å². The van der Waals surface area contributed by atoms with Crippen molar-refractivity contribution >= 4 is 14.7 Å². The van der Waals surface area contributed by atoms with E-state index in [1.807, 2.05) is 0 Å². The van der Waals surface area contributed by atoms with E-state index in [4.69, 9.17) is 0 Å². The number of fused-ring (bicyclic) bond motifs is 1. The van der Waals surface area contributed by atoms with E-state index in [0.29, 0.717) is 0 Å². The van der Waals surface area contributed by atoms with E-state index >= 15 is 0 Å². The standard InChI is InChI=1S/C10H7.C5H5.Pt/c1-2-6-10-8-4-3-7-9(10)5-1;1-2-4-5-3-1;/h1-7H;1-3H,4H2;. The fourth-order valence-electron chi connectivity index (χ4n) is 1.81. The first kappa shape index (κ1) is 10.0. The monoisotopic (exact) mass is 387 g/mol. The number of rotatable bonds is 2. The molecule has 0 saturated heterocycles. The molecule has 1 heteroatoms. The Morgan fingerprint density at radius 3 is 2.69 bits per heavy atom. The van der Waals surface area contributed by atoms with Crippen molar-refractivity contribution in [1.29, 1.82) is 0 Å². The molecule has 0 nitrogen and oxygen atoms in total. The van der Waals surface area contributed by atoms with Gasteiger partial charge in [0.1, 0.15) is 0 Å². The van der Waals surface area contributed by atoms with Crippen molar-refractivity contribution in [3.05, 3.63) is 64.7 Å². The van der Waals surface area contributed by atoms with E-state index < -0.39 is 0 Å². The van der Waals surface area contributed by atoms with Crippen molar-refractivity contribution in [3.63, 3.8) is 0 Å². The molecule has 1 aliphatic rings. The summed E-state index contributed by atoms with van der Waals surface area (Å²) in [6.45, 7) is 0. The molecule has 0 N–H and O–H groups in total. The maximum absolute atomic E-state index is 2.29. The summed E-state index contributed by atoms with van der Waals surface area (Å²) in [5.74, 6) is 0. The molecule has 0 aromatic heterocycles. The molecule has 2 aromatic carbocycles. The van der Waals surface area contributed by atoms with E-state index in [-0.39, 0.29) is 18.6 Å². The van der Waals surface area contributed by atoms with Crippen LogP contribution in [-0.2, 0) is 18.6 Å². The fourth-order valence-corrected chi connectivity index (χ4v) is 4.74. The van der Waals surface area contributed by atoms with Crippen LogP contribution in [0, 0.1) is 0 Å². The molecule has 0 atom stereocenters. The van der Waals surface area contributed by atoms with Crippen LogP contribution in [0.4, 0.5) is 0 Å². The molecule has 0 aliphatic heterocycles. The second-order valence-electron chi connectivity index (χ2n) is 3.71. The third kappa shape index (κ3) is 1.90. The van der Waals surface area contributed by atoms with Crippen molar-refractivity contribution in [2.45, 2.75) is 6.42 Å². The van der Waals surface area contributed by atoms with E-state index in [9.17, 15) is 0 Å². The van der Waals surface area contributed by atoms with E-state index in [2.05, 4.69) is 60.7 Å². The van der Waals surface area contributed by atoms with Gasteiger partial charge in [0.05, 0.1) is 0 Å². The van der Waals surface area contributed by atoms with Crippen LogP contribution >= 0.6 is 0 Å². The Balaban J connectivity index is 2.03. The zero-order valence-electron chi connectivity index (χ0n) is 8.80. The summed E-state index contributed by atoms with van der Waals surface area (Å²) < 4.78 is 3.17. The topological polar surface area (TPSA) is 0 Å². The Labute approximate surface area is 104 Å². The van der Waals surface area contributed by atoms with Crippen LogP contribution in [0.1, 0.15) is 6.42 Å². The summed E-state index contributed by atoms with van der Waals surface area (Å²) in [6.07, 6.45) is 7.88. The SMILES string of the molecule is C1=CC[C]([Pt][c]2cccc3ccccc23)=C1. The molecule has 0 saturated carbocycles. The maximum atomic E-state index is 2.29. The second-order valence-corrected chi connectivity index (χ2v) is 6.96. The first-order valence-electron chi connectivity index (χ1n) is 5.35. The van der Waals surface area contributed by atoms with Crippen LogP contribution in [0.3, 0.4) is 0 Å². The minimum atomic E-state index is 0.00897. The van der Waals surface area contributed by atoms with Gasteiger partial charge in [0.25, 0.3) is 0 Å². The van der Waals surface area contributed by atoms with Gasteiger partial charge in [-0.2, -0.15) is 0 Å². The molecule has 0 spiro atoms. The van der Waals surface area contributed by atoms with E-state index in [1.165, 1.54) is 10.8 Å². The van der Waals surface area contributed by atoms with Gasteiger partial charge in [-0.3, -0.25) is 0 Å². The van der Waals surface area contributed by atoms with Crippen LogP contribution in [0.5, 0.6) is 0 Å². The second kappa shape index (κ2) is 4.39. The summed E-state index contributed by atoms with van der Waals surface area (Å²) in [5.41, 5.74) is 0. The summed E-state index contributed by atoms with van der Waals surface area (Å²) in [5, 5.41) is 2.80. The van der Waals surface area contributed by atoms with Crippen LogP contribution in [0.15, 0.2) is 64.7 Å². The molecule has 0 bridgehead atoms. The average molecular weight is 387 g/mol. The predicted octanol–water partition coefficient (Wildman–Crippen LogP) is 3.39.